The summed E-state index contributed by atoms with van der Waals surface area (Å²) < 4.78 is 39.0. The molecule has 134 valence electrons. The van der Waals surface area contributed by atoms with E-state index in [-0.39, 0.29) is 27.7 Å². The van der Waals surface area contributed by atoms with Crippen molar-refractivity contribution in [3.63, 3.8) is 0 Å². The fourth-order valence-electron chi connectivity index (χ4n) is 2.71. The molecule has 0 aliphatic rings. The van der Waals surface area contributed by atoms with Gasteiger partial charge in [-0.25, -0.2) is 17.7 Å². The Morgan fingerprint density at radius 2 is 1.52 bits per heavy atom. The molecule has 0 atom stereocenters. The summed E-state index contributed by atoms with van der Waals surface area (Å²) in [5.41, 5.74) is 0. The van der Waals surface area contributed by atoms with Crippen LogP contribution in [0.25, 0.3) is 0 Å². The first-order valence-corrected chi connectivity index (χ1v) is 13.0. The summed E-state index contributed by atoms with van der Waals surface area (Å²) in [7, 11) is -5.98. The monoisotopic (exact) mass is 383 g/mol. The van der Waals surface area contributed by atoms with Crippen molar-refractivity contribution in [3.8, 4) is 0 Å². The van der Waals surface area contributed by atoms with Crippen molar-refractivity contribution < 1.29 is 22.8 Å². The van der Waals surface area contributed by atoms with Crippen molar-refractivity contribution >= 4 is 26.5 Å². The van der Waals surface area contributed by atoms with Crippen LogP contribution < -0.4 is 4.72 Å². The zero-order valence-corrected chi connectivity index (χ0v) is 16.4. The first kappa shape index (κ1) is 20.7. The van der Waals surface area contributed by atoms with Gasteiger partial charge in [-0.3, -0.25) is 0 Å². The van der Waals surface area contributed by atoms with Gasteiger partial charge in [0, 0.05) is 12.3 Å². The van der Waals surface area contributed by atoms with E-state index in [1.165, 1.54) is 12.1 Å². The van der Waals surface area contributed by atoms with Gasteiger partial charge in [0.05, 0.1) is 4.90 Å². The number of hydrogen-bond acceptors (Lipinski definition) is 3. The number of rotatable bonds is 8. The zero-order chi connectivity index (χ0) is 17.9. The molecule has 0 spiro atoms. The van der Waals surface area contributed by atoms with Crippen molar-refractivity contribution in [3.05, 3.63) is 30.3 Å². The van der Waals surface area contributed by atoms with Gasteiger partial charge in [-0.2, -0.15) is 0 Å². The molecule has 3 N–H and O–H groups in total. The minimum atomic E-state index is -4.32. The zero-order valence-electron chi connectivity index (χ0n) is 13.8. The normalized spacial score (nSPS) is 14.4. The minimum Gasteiger partial charge on any atom is -0.318 e. The topological polar surface area (TPSA) is 104 Å². The van der Waals surface area contributed by atoms with Crippen LogP contribution in [0.1, 0.15) is 27.7 Å². The second-order valence-corrected chi connectivity index (χ2v) is 15.9. The van der Waals surface area contributed by atoms with Crippen LogP contribution in [0.2, 0.25) is 0 Å². The lowest BCUT2D eigenvalue weighted by Gasteiger charge is -2.47. The van der Waals surface area contributed by atoms with Gasteiger partial charge in [0.2, 0.25) is 10.0 Å². The van der Waals surface area contributed by atoms with E-state index in [1.807, 2.05) is 0 Å². The summed E-state index contributed by atoms with van der Waals surface area (Å²) in [6.45, 7) is 2.85. The van der Waals surface area contributed by atoms with E-state index in [0.29, 0.717) is 0 Å². The summed E-state index contributed by atoms with van der Waals surface area (Å²) in [4.78, 5) is 19.9. The molecule has 23 heavy (non-hydrogen) atoms. The van der Waals surface area contributed by atoms with Gasteiger partial charge in [0.1, 0.15) is 0 Å². The van der Waals surface area contributed by atoms with Crippen LogP contribution in [0.5, 0.6) is 0 Å². The molecule has 0 aliphatic carbocycles. The van der Waals surface area contributed by atoms with Crippen LogP contribution in [-0.2, 0) is 14.6 Å². The summed E-state index contributed by atoms with van der Waals surface area (Å²) >= 11 is 0. The van der Waals surface area contributed by atoms with Gasteiger partial charge >= 0.3 is 6.80 Å². The molecule has 0 aliphatic heterocycles. The standard InChI is InChI=1S/C14H26NO5PS2/c1-12(2)22(13(3)4,21(16,17)18)11-10-15-23(19,20)14-8-6-5-7-9-14/h5-9,12-13,15H,10-11H2,1-4H3,(H2,16,17,18). The maximum atomic E-state index is 12.2. The highest BCUT2D eigenvalue weighted by Gasteiger charge is 2.46. The number of sulfonamides is 1. The molecule has 0 radical (unpaired) electrons. The third-order valence-electron chi connectivity index (χ3n) is 3.85. The van der Waals surface area contributed by atoms with Crippen LogP contribution in [0.4, 0.5) is 0 Å². The van der Waals surface area contributed by atoms with E-state index in [4.69, 9.17) is 0 Å². The smallest absolute Gasteiger partial charge is 0.318 e. The Morgan fingerprint density at radius 3 is 1.91 bits per heavy atom. The lowest BCUT2D eigenvalue weighted by molar-refractivity contribution is 0.394. The Bertz CT molecular complexity index is 647. The third-order valence-corrected chi connectivity index (χ3v) is 16.1. The molecule has 1 aromatic rings. The highest BCUT2D eigenvalue weighted by Crippen LogP contribution is 2.81. The van der Waals surface area contributed by atoms with Gasteiger partial charge in [-0.05, 0) is 22.6 Å². The SMILES string of the molecule is CC(C)S(CCNS(=O)(=O)c1ccccc1)(C(C)C)P(=O)(O)O. The lowest BCUT2D eigenvalue weighted by Crippen LogP contribution is -2.33. The molecule has 1 aromatic carbocycles. The van der Waals surface area contributed by atoms with Gasteiger partial charge in [0.25, 0.3) is 0 Å². The van der Waals surface area contributed by atoms with Gasteiger partial charge in [0.15, 0.2) is 0 Å². The highest BCUT2D eigenvalue weighted by molar-refractivity contribution is 8.77. The molecule has 0 bridgehead atoms. The molecule has 0 saturated carbocycles. The fourth-order valence-corrected chi connectivity index (χ4v) is 12.0. The third kappa shape index (κ3) is 4.59. The fraction of sp³-hybridized carbons (Fsp3) is 0.571. The Balaban J connectivity index is 2.95. The van der Waals surface area contributed by atoms with Crippen LogP contribution in [0, 0.1) is 0 Å². The van der Waals surface area contributed by atoms with Crippen LogP contribution >= 0.6 is 16.4 Å². The summed E-state index contributed by atoms with van der Waals surface area (Å²) in [6, 6.07) is 7.94. The Kier molecular flexibility index (Phi) is 6.90. The van der Waals surface area contributed by atoms with Crippen molar-refractivity contribution in [1.29, 1.82) is 0 Å². The predicted molar refractivity (Wildman–Crippen MR) is 96.4 cm³/mol. The van der Waals surface area contributed by atoms with Crippen molar-refractivity contribution in [1.82, 2.24) is 4.72 Å². The van der Waals surface area contributed by atoms with Crippen molar-refractivity contribution in [2.75, 3.05) is 12.3 Å². The van der Waals surface area contributed by atoms with E-state index in [0.717, 1.165) is 0 Å². The van der Waals surface area contributed by atoms with Gasteiger partial charge < -0.3 is 9.79 Å². The second-order valence-electron chi connectivity index (χ2n) is 5.81. The average molecular weight is 383 g/mol. The highest BCUT2D eigenvalue weighted by atomic mass is 32.8. The first-order valence-electron chi connectivity index (χ1n) is 7.34. The minimum absolute atomic E-state index is 0.00797. The average Bonchev–Trinajstić information content (AvgIpc) is 2.42. The van der Waals surface area contributed by atoms with E-state index in [2.05, 4.69) is 4.72 Å². The molecule has 0 aromatic heterocycles. The molecule has 6 nitrogen and oxygen atoms in total. The molecule has 0 saturated heterocycles. The predicted octanol–water partition coefficient (Wildman–Crippen LogP) is 2.68. The molecule has 9 heteroatoms. The molecule has 0 amide bonds. The van der Waals surface area contributed by atoms with E-state index in [1.54, 1.807) is 45.9 Å². The van der Waals surface area contributed by atoms with E-state index < -0.39 is 26.5 Å². The van der Waals surface area contributed by atoms with Crippen LogP contribution in [0.15, 0.2) is 35.2 Å². The summed E-state index contributed by atoms with van der Waals surface area (Å²) in [6.07, 6.45) is 0. The van der Waals surface area contributed by atoms with Gasteiger partial charge in [-0.1, -0.05) is 45.9 Å². The molecular weight excluding hydrogens is 357 g/mol. The molecule has 0 fully saturated rings. The molecule has 0 heterocycles. The van der Waals surface area contributed by atoms with E-state index in [9.17, 15) is 22.8 Å². The summed E-state index contributed by atoms with van der Waals surface area (Å²) in [5.74, 6) is 0.151. The Morgan fingerprint density at radius 1 is 1.04 bits per heavy atom. The Hall–Kier alpha value is -0.370. The first-order chi connectivity index (χ1) is 10.4. The van der Waals surface area contributed by atoms with Crippen LogP contribution in [-0.4, -0.2) is 41.0 Å². The van der Waals surface area contributed by atoms with Crippen molar-refractivity contribution in [2.45, 2.75) is 43.1 Å². The second kappa shape index (κ2) is 7.68. The lowest BCUT2D eigenvalue weighted by atomic mass is 10.4. The van der Waals surface area contributed by atoms with Gasteiger partial charge in [-0.15, -0.1) is 9.65 Å². The molecule has 1 rings (SSSR count). The van der Waals surface area contributed by atoms with Crippen molar-refractivity contribution in [2.24, 2.45) is 0 Å². The Labute approximate surface area is 140 Å². The summed E-state index contributed by atoms with van der Waals surface area (Å²) in [5, 5.41) is -0.408. The van der Waals surface area contributed by atoms with Crippen LogP contribution in [0.3, 0.4) is 0 Å². The maximum Gasteiger partial charge on any atom is 0.367 e. The number of benzene rings is 1. The largest absolute Gasteiger partial charge is 0.367 e. The number of hydrogen-bond donors (Lipinski definition) is 3. The quantitative estimate of drug-likeness (QED) is 0.599. The maximum absolute atomic E-state index is 12.2. The molecular formula is C14H26NO5PS2. The van der Waals surface area contributed by atoms with E-state index >= 15 is 0 Å². The molecule has 0 unspecified atom stereocenters. The number of nitrogens with one attached hydrogen (secondary N) is 1.